The number of H-pyrrole nitrogens is 1. The molecular formula is C11H12N2O2. The summed E-state index contributed by atoms with van der Waals surface area (Å²) in [4.78, 5) is 14.5. The zero-order valence-electron chi connectivity index (χ0n) is 8.41. The molecule has 1 amide bonds. The van der Waals surface area contributed by atoms with Crippen LogP contribution in [0.1, 0.15) is 21.7 Å². The number of carbonyl (C=O) groups is 1. The van der Waals surface area contributed by atoms with Gasteiger partial charge in [0, 0.05) is 18.9 Å². The molecule has 0 radical (unpaired) electrons. The molecular weight excluding hydrogens is 192 g/mol. The first-order chi connectivity index (χ1) is 7.25. The molecule has 0 bridgehead atoms. The molecule has 2 heterocycles. The van der Waals surface area contributed by atoms with Crippen LogP contribution in [0.4, 0.5) is 0 Å². The summed E-state index contributed by atoms with van der Waals surface area (Å²) in [5, 5.41) is 2.80. The van der Waals surface area contributed by atoms with Gasteiger partial charge in [0.2, 0.25) is 0 Å². The van der Waals surface area contributed by atoms with E-state index in [0.29, 0.717) is 12.1 Å². The summed E-state index contributed by atoms with van der Waals surface area (Å²) in [5.74, 6) is 0.620. The van der Waals surface area contributed by atoms with Gasteiger partial charge in [-0.1, -0.05) is 0 Å². The Morgan fingerprint density at radius 2 is 2.47 bits per heavy atom. The van der Waals surface area contributed by atoms with Crippen molar-refractivity contribution in [2.45, 2.75) is 13.5 Å². The average Bonchev–Trinajstić information content (AvgIpc) is 2.84. The van der Waals surface area contributed by atoms with Gasteiger partial charge in [0.05, 0.1) is 5.56 Å². The van der Waals surface area contributed by atoms with Crippen molar-refractivity contribution < 1.29 is 9.21 Å². The van der Waals surface area contributed by atoms with Crippen molar-refractivity contribution in [2.24, 2.45) is 0 Å². The largest absolute Gasteiger partial charge is 0.469 e. The number of amides is 1. The fourth-order valence-corrected chi connectivity index (χ4v) is 1.32. The summed E-state index contributed by atoms with van der Waals surface area (Å²) in [6, 6.07) is 3.63. The number of rotatable bonds is 3. The summed E-state index contributed by atoms with van der Waals surface area (Å²) in [5.41, 5.74) is 1.60. The van der Waals surface area contributed by atoms with E-state index in [-0.39, 0.29) is 5.91 Å². The molecule has 2 aromatic rings. The Hall–Kier alpha value is -1.97. The highest BCUT2D eigenvalue weighted by molar-refractivity contribution is 5.93. The Kier molecular flexibility index (Phi) is 2.58. The van der Waals surface area contributed by atoms with Gasteiger partial charge in [-0.25, -0.2) is 0 Å². The lowest BCUT2D eigenvalue weighted by atomic mass is 10.3. The highest BCUT2D eigenvalue weighted by Crippen LogP contribution is 2.06. The molecule has 0 aliphatic carbocycles. The molecule has 0 saturated carbocycles. The van der Waals surface area contributed by atoms with Gasteiger partial charge < -0.3 is 14.7 Å². The second kappa shape index (κ2) is 4.04. The zero-order valence-corrected chi connectivity index (χ0v) is 8.41. The van der Waals surface area contributed by atoms with Crippen molar-refractivity contribution in [3.63, 3.8) is 0 Å². The van der Waals surface area contributed by atoms with Gasteiger partial charge in [-0.3, -0.25) is 4.79 Å². The quantitative estimate of drug-likeness (QED) is 0.801. The van der Waals surface area contributed by atoms with Crippen LogP contribution in [-0.4, -0.2) is 10.9 Å². The summed E-state index contributed by atoms with van der Waals surface area (Å²) < 4.78 is 5.06. The first-order valence-electron chi connectivity index (χ1n) is 4.71. The van der Waals surface area contributed by atoms with Crippen LogP contribution in [0.25, 0.3) is 0 Å². The molecule has 4 nitrogen and oxygen atoms in total. The molecule has 0 aliphatic heterocycles. The van der Waals surface area contributed by atoms with Crippen LogP contribution in [0.5, 0.6) is 0 Å². The molecule has 4 heteroatoms. The van der Waals surface area contributed by atoms with Crippen LogP contribution in [0.15, 0.2) is 35.2 Å². The van der Waals surface area contributed by atoms with E-state index < -0.39 is 0 Å². The Labute approximate surface area is 87.3 Å². The average molecular weight is 204 g/mol. The number of hydrogen-bond acceptors (Lipinski definition) is 2. The van der Waals surface area contributed by atoms with E-state index in [1.165, 1.54) is 6.26 Å². The van der Waals surface area contributed by atoms with Crippen LogP contribution < -0.4 is 5.32 Å². The van der Waals surface area contributed by atoms with Crippen molar-refractivity contribution in [2.75, 3.05) is 0 Å². The summed E-state index contributed by atoms with van der Waals surface area (Å²) in [6.45, 7) is 2.33. The van der Waals surface area contributed by atoms with E-state index in [4.69, 9.17) is 4.42 Å². The van der Waals surface area contributed by atoms with Crippen molar-refractivity contribution in [3.8, 4) is 0 Å². The van der Waals surface area contributed by atoms with E-state index in [0.717, 1.165) is 11.3 Å². The second-order valence-electron chi connectivity index (χ2n) is 3.35. The molecule has 0 atom stereocenters. The molecule has 0 aromatic carbocycles. The number of aryl methyl sites for hydroxylation is 1. The normalized spacial score (nSPS) is 10.2. The van der Waals surface area contributed by atoms with Gasteiger partial charge in [-0.2, -0.15) is 0 Å². The minimum absolute atomic E-state index is 0.118. The number of nitrogens with one attached hydrogen (secondary N) is 2. The predicted molar refractivity (Wildman–Crippen MR) is 55.4 cm³/mol. The maximum atomic E-state index is 11.6. The van der Waals surface area contributed by atoms with Gasteiger partial charge >= 0.3 is 0 Å². The molecule has 2 aromatic heterocycles. The molecule has 78 valence electrons. The van der Waals surface area contributed by atoms with Crippen LogP contribution in [-0.2, 0) is 6.54 Å². The second-order valence-corrected chi connectivity index (χ2v) is 3.35. The smallest absolute Gasteiger partial charge is 0.254 e. The van der Waals surface area contributed by atoms with Crippen LogP contribution in [0.3, 0.4) is 0 Å². The minimum Gasteiger partial charge on any atom is -0.469 e. The van der Waals surface area contributed by atoms with Gasteiger partial charge in [-0.05, 0) is 24.6 Å². The molecule has 0 fully saturated rings. The van der Waals surface area contributed by atoms with Gasteiger partial charge in [-0.15, -0.1) is 0 Å². The van der Waals surface area contributed by atoms with Crippen LogP contribution in [0.2, 0.25) is 0 Å². The third-order valence-electron chi connectivity index (χ3n) is 2.11. The SMILES string of the molecule is Cc1cc(C(=O)NCc2cc[nH]c2)co1. The molecule has 0 unspecified atom stereocenters. The lowest BCUT2D eigenvalue weighted by Crippen LogP contribution is -2.21. The van der Waals surface area contributed by atoms with Gasteiger partial charge in [0.15, 0.2) is 0 Å². The maximum absolute atomic E-state index is 11.6. The third kappa shape index (κ3) is 2.28. The maximum Gasteiger partial charge on any atom is 0.254 e. The lowest BCUT2D eigenvalue weighted by molar-refractivity contribution is 0.0950. The van der Waals surface area contributed by atoms with E-state index in [1.807, 2.05) is 25.4 Å². The van der Waals surface area contributed by atoms with Crippen molar-refractivity contribution in [1.82, 2.24) is 10.3 Å². The monoisotopic (exact) mass is 204 g/mol. The molecule has 0 spiro atoms. The number of hydrogen-bond donors (Lipinski definition) is 2. The van der Waals surface area contributed by atoms with Crippen LogP contribution >= 0.6 is 0 Å². The lowest BCUT2D eigenvalue weighted by Gasteiger charge is -2.00. The standard InChI is InChI=1S/C11H12N2O2/c1-8-4-10(7-15-8)11(14)13-6-9-2-3-12-5-9/h2-5,7,12H,6H2,1H3,(H,13,14). The van der Waals surface area contributed by atoms with Gasteiger partial charge in [0.1, 0.15) is 12.0 Å². The first-order valence-corrected chi connectivity index (χ1v) is 4.71. The van der Waals surface area contributed by atoms with E-state index in [2.05, 4.69) is 10.3 Å². The van der Waals surface area contributed by atoms with Gasteiger partial charge in [0.25, 0.3) is 5.91 Å². The predicted octanol–water partition coefficient (Wildman–Crippen LogP) is 1.85. The Morgan fingerprint density at radius 3 is 3.07 bits per heavy atom. The molecule has 15 heavy (non-hydrogen) atoms. The van der Waals surface area contributed by atoms with E-state index >= 15 is 0 Å². The number of aromatic amines is 1. The Bertz CT molecular complexity index is 443. The van der Waals surface area contributed by atoms with Crippen molar-refractivity contribution in [3.05, 3.63) is 47.7 Å². The van der Waals surface area contributed by atoms with Crippen molar-refractivity contribution >= 4 is 5.91 Å². The number of furan rings is 1. The topological polar surface area (TPSA) is 58.0 Å². The van der Waals surface area contributed by atoms with E-state index in [1.54, 1.807) is 6.07 Å². The molecule has 2 rings (SSSR count). The Balaban J connectivity index is 1.93. The zero-order chi connectivity index (χ0) is 10.7. The van der Waals surface area contributed by atoms with Crippen LogP contribution in [0, 0.1) is 6.92 Å². The summed E-state index contributed by atoms with van der Waals surface area (Å²) >= 11 is 0. The molecule has 0 saturated heterocycles. The highest BCUT2D eigenvalue weighted by Gasteiger charge is 2.07. The summed E-state index contributed by atoms with van der Waals surface area (Å²) in [6.07, 6.45) is 5.13. The highest BCUT2D eigenvalue weighted by atomic mass is 16.3. The molecule has 2 N–H and O–H groups in total. The fourth-order valence-electron chi connectivity index (χ4n) is 1.32. The number of carbonyl (C=O) groups excluding carboxylic acids is 1. The fraction of sp³-hybridized carbons (Fsp3) is 0.182. The van der Waals surface area contributed by atoms with E-state index in [9.17, 15) is 4.79 Å². The third-order valence-corrected chi connectivity index (χ3v) is 2.11. The number of aromatic nitrogens is 1. The molecule has 0 aliphatic rings. The Morgan fingerprint density at radius 1 is 1.60 bits per heavy atom. The first kappa shape index (κ1) is 9.58. The summed E-state index contributed by atoms with van der Waals surface area (Å²) in [7, 11) is 0. The minimum atomic E-state index is -0.118. The van der Waals surface area contributed by atoms with Crippen molar-refractivity contribution in [1.29, 1.82) is 0 Å².